The number of benzene rings is 1. The lowest BCUT2D eigenvalue weighted by atomic mass is 9.92. The fourth-order valence-corrected chi connectivity index (χ4v) is 5.01. The lowest BCUT2D eigenvalue weighted by Gasteiger charge is -2.38. The fraction of sp³-hybridized carbons (Fsp3) is 0.478. The molecule has 33 heavy (non-hydrogen) atoms. The van der Waals surface area contributed by atoms with Gasteiger partial charge in [-0.05, 0) is 57.6 Å². The molecule has 3 aromatic rings. The predicted molar refractivity (Wildman–Crippen MR) is 124 cm³/mol. The van der Waals surface area contributed by atoms with E-state index in [-0.39, 0.29) is 28.9 Å². The van der Waals surface area contributed by atoms with Crippen LogP contribution in [0, 0.1) is 24.6 Å². The second-order valence-electron chi connectivity index (χ2n) is 9.10. The first-order valence-corrected chi connectivity index (χ1v) is 11.7. The highest BCUT2D eigenvalue weighted by molar-refractivity contribution is 6.32. The standard InChI is InChI=1S/C23H27ClFN7O/c1-13(2)32-23(33-18-6-4-5-17(25)20(18)24)29-22(30-32)28-21-15-7-8-16(21)11-31(10-15)19-9-14(3)26-12-27-19/h4-6,9,12-13,15-16,21H,7-8,10-11H2,1-3H3,(H,28,30)/t15-,16+,21-. The van der Waals surface area contributed by atoms with E-state index in [0.717, 1.165) is 37.4 Å². The van der Waals surface area contributed by atoms with Crippen molar-refractivity contribution >= 4 is 23.4 Å². The third-order valence-electron chi connectivity index (χ3n) is 6.45. The van der Waals surface area contributed by atoms with E-state index in [1.165, 1.54) is 6.07 Å². The first-order valence-electron chi connectivity index (χ1n) is 11.3. The Hall–Kier alpha value is -2.94. The molecule has 1 aliphatic carbocycles. The van der Waals surface area contributed by atoms with Crippen LogP contribution in [0.3, 0.4) is 0 Å². The molecular weight excluding hydrogens is 445 g/mol. The Balaban J connectivity index is 1.34. The number of nitrogens with zero attached hydrogens (tertiary/aromatic N) is 6. The molecule has 3 atom stereocenters. The van der Waals surface area contributed by atoms with E-state index < -0.39 is 5.82 Å². The van der Waals surface area contributed by atoms with Crippen LogP contribution in [0.1, 0.15) is 38.4 Å². The number of fused-ring (bicyclic) bond motifs is 2. The molecule has 2 aromatic heterocycles. The van der Waals surface area contributed by atoms with E-state index in [0.29, 0.717) is 17.8 Å². The van der Waals surface area contributed by atoms with Crippen LogP contribution in [0.2, 0.25) is 5.02 Å². The Morgan fingerprint density at radius 1 is 1.18 bits per heavy atom. The zero-order valence-corrected chi connectivity index (χ0v) is 19.6. The minimum atomic E-state index is -0.537. The minimum Gasteiger partial charge on any atom is -0.423 e. The lowest BCUT2D eigenvalue weighted by molar-refractivity contribution is 0.373. The summed E-state index contributed by atoms with van der Waals surface area (Å²) in [6, 6.07) is 7.06. The molecule has 3 heterocycles. The molecule has 0 radical (unpaired) electrons. The van der Waals surface area contributed by atoms with Crippen molar-refractivity contribution in [3.63, 3.8) is 0 Å². The van der Waals surface area contributed by atoms with Gasteiger partial charge in [-0.2, -0.15) is 4.98 Å². The van der Waals surface area contributed by atoms with Gasteiger partial charge in [-0.15, -0.1) is 5.10 Å². The summed E-state index contributed by atoms with van der Waals surface area (Å²) in [6.07, 6.45) is 3.93. The molecule has 174 valence electrons. The number of halogens is 2. The summed E-state index contributed by atoms with van der Waals surface area (Å²) in [6.45, 7) is 7.83. The quantitative estimate of drug-likeness (QED) is 0.549. The summed E-state index contributed by atoms with van der Waals surface area (Å²) >= 11 is 6.07. The van der Waals surface area contributed by atoms with Crippen molar-refractivity contribution in [3.05, 3.63) is 47.1 Å². The molecule has 8 nitrogen and oxygen atoms in total. The summed E-state index contributed by atoms with van der Waals surface area (Å²) in [5.74, 6) is 2.11. The first-order chi connectivity index (χ1) is 15.9. The van der Waals surface area contributed by atoms with Crippen molar-refractivity contribution in [2.45, 2.75) is 45.7 Å². The van der Waals surface area contributed by atoms with Gasteiger partial charge in [0.05, 0.1) is 6.04 Å². The Morgan fingerprint density at radius 3 is 2.64 bits per heavy atom. The van der Waals surface area contributed by atoms with Crippen molar-refractivity contribution in [2.24, 2.45) is 11.8 Å². The van der Waals surface area contributed by atoms with Gasteiger partial charge in [-0.1, -0.05) is 17.7 Å². The van der Waals surface area contributed by atoms with Crippen LogP contribution in [-0.4, -0.2) is 43.9 Å². The molecule has 1 N–H and O–H groups in total. The maximum absolute atomic E-state index is 13.8. The van der Waals surface area contributed by atoms with Crippen LogP contribution in [0.5, 0.6) is 11.8 Å². The van der Waals surface area contributed by atoms with E-state index in [4.69, 9.17) is 16.3 Å². The number of nitrogens with one attached hydrogen (secondary N) is 1. The molecule has 0 amide bonds. The van der Waals surface area contributed by atoms with Gasteiger partial charge in [0, 0.05) is 30.9 Å². The second kappa shape index (κ2) is 8.78. The summed E-state index contributed by atoms with van der Waals surface area (Å²) in [7, 11) is 0. The molecular formula is C23H27ClFN7O. The van der Waals surface area contributed by atoms with Crippen molar-refractivity contribution in [1.82, 2.24) is 24.7 Å². The van der Waals surface area contributed by atoms with Crippen LogP contribution in [0.15, 0.2) is 30.6 Å². The van der Waals surface area contributed by atoms with Crippen LogP contribution >= 0.6 is 11.6 Å². The van der Waals surface area contributed by atoms with E-state index >= 15 is 0 Å². The summed E-state index contributed by atoms with van der Waals surface area (Å²) in [4.78, 5) is 15.6. The predicted octanol–water partition coefficient (Wildman–Crippen LogP) is 4.87. The lowest BCUT2D eigenvalue weighted by Crippen LogP contribution is -2.48. The number of piperidine rings is 1. The molecule has 0 unspecified atom stereocenters. The van der Waals surface area contributed by atoms with Gasteiger partial charge in [0.15, 0.2) is 5.75 Å². The van der Waals surface area contributed by atoms with Crippen LogP contribution in [-0.2, 0) is 0 Å². The monoisotopic (exact) mass is 471 g/mol. The number of hydrogen-bond acceptors (Lipinski definition) is 7. The number of hydrogen-bond donors (Lipinski definition) is 1. The Kier molecular flexibility index (Phi) is 5.82. The molecule has 10 heteroatoms. The Bertz CT molecular complexity index is 1140. The van der Waals surface area contributed by atoms with Gasteiger partial charge >= 0.3 is 6.01 Å². The largest absolute Gasteiger partial charge is 0.423 e. The molecule has 0 spiro atoms. The topological polar surface area (TPSA) is 81.0 Å². The average Bonchev–Trinajstić information content (AvgIpc) is 3.27. The van der Waals surface area contributed by atoms with Gasteiger partial charge in [0.2, 0.25) is 5.95 Å². The zero-order chi connectivity index (χ0) is 23.1. The highest BCUT2D eigenvalue weighted by atomic mass is 35.5. The van der Waals surface area contributed by atoms with Crippen LogP contribution in [0.25, 0.3) is 0 Å². The number of anilines is 2. The van der Waals surface area contributed by atoms with Gasteiger partial charge in [0.25, 0.3) is 0 Å². The number of aryl methyl sites for hydroxylation is 1. The van der Waals surface area contributed by atoms with Crippen LogP contribution in [0.4, 0.5) is 16.2 Å². The maximum Gasteiger partial charge on any atom is 0.322 e. The number of ether oxygens (including phenoxy) is 1. The molecule has 1 aliphatic heterocycles. The first kappa shape index (κ1) is 21.9. The smallest absolute Gasteiger partial charge is 0.322 e. The SMILES string of the molecule is Cc1cc(N2C[C@H]3CC[C@@H](C2)[C@@H]3Nc2nc(Oc3cccc(F)c3Cl)n(C(C)C)n2)ncn1. The van der Waals surface area contributed by atoms with E-state index in [9.17, 15) is 4.39 Å². The molecule has 2 aliphatic rings. The van der Waals surface area contributed by atoms with E-state index in [2.05, 4.69) is 30.3 Å². The average molecular weight is 472 g/mol. The number of aromatic nitrogens is 5. The summed E-state index contributed by atoms with van der Waals surface area (Å²) in [5.41, 5.74) is 0.974. The third kappa shape index (κ3) is 4.34. The highest BCUT2D eigenvalue weighted by Crippen LogP contribution is 2.40. The maximum atomic E-state index is 13.8. The summed E-state index contributed by atoms with van der Waals surface area (Å²) in [5, 5.41) is 8.13. The number of rotatable bonds is 6. The molecule has 5 rings (SSSR count). The van der Waals surface area contributed by atoms with Crippen molar-refractivity contribution in [3.8, 4) is 11.8 Å². The zero-order valence-electron chi connectivity index (χ0n) is 18.9. The normalized spacial score (nSPS) is 22.1. The van der Waals surface area contributed by atoms with Gasteiger partial charge < -0.3 is 15.0 Å². The molecule has 1 saturated heterocycles. The summed E-state index contributed by atoms with van der Waals surface area (Å²) < 4.78 is 21.4. The Morgan fingerprint density at radius 2 is 1.94 bits per heavy atom. The Labute approximate surface area is 197 Å². The minimum absolute atomic E-state index is 0.00922. The third-order valence-corrected chi connectivity index (χ3v) is 6.82. The van der Waals surface area contributed by atoms with Gasteiger partial charge in [-0.25, -0.2) is 19.0 Å². The van der Waals surface area contributed by atoms with Crippen molar-refractivity contribution < 1.29 is 9.13 Å². The fourth-order valence-electron chi connectivity index (χ4n) is 4.85. The molecule has 1 saturated carbocycles. The van der Waals surface area contributed by atoms with Crippen molar-refractivity contribution in [1.29, 1.82) is 0 Å². The van der Waals surface area contributed by atoms with E-state index in [1.807, 2.05) is 26.8 Å². The highest BCUT2D eigenvalue weighted by Gasteiger charge is 2.43. The van der Waals surface area contributed by atoms with Gasteiger partial charge in [0.1, 0.15) is 23.0 Å². The second-order valence-corrected chi connectivity index (χ2v) is 9.48. The molecule has 1 aromatic carbocycles. The van der Waals surface area contributed by atoms with E-state index in [1.54, 1.807) is 23.1 Å². The van der Waals surface area contributed by atoms with Crippen LogP contribution < -0.4 is 15.0 Å². The molecule has 2 bridgehead atoms. The van der Waals surface area contributed by atoms with Crippen molar-refractivity contribution in [2.75, 3.05) is 23.3 Å². The molecule has 2 fully saturated rings. The van der Waals surface area contributed by atoms with Gasteiger partial charge in [-0.3, -0.25) is 0 Å².